The van der Waals surface area contributed by atoms with Crippen LogP contribution < -0.4 is 15.4 Å². The summed E-state index contributed by atoms with van der Waals surface area (Å²) in [5.41, 5.74) is -0.978. The molecule has 2 aromatic carbocycles. The Kier molecular flexibility index (Phi) is 7.00. The van der Waals surface area contributed by atoms with Crippen LogP contribution in [0.5, 0.6) is 5.75 Å². The lowest BCUT2D eigenvalue weighted by molar-refractivity contribution is -0.169. The molecule has 3 amide bonds. The summed E-state index contributed by atoms with van der Waals surface area (Å²) in [7, 11) is 1.37. The molecule has 0 aromatic heterocycles. The molecule has 0 radical (unpaired) electrons. The number of carbonyl (C=O) groups excluding carboxylic acids is 3. The van der Waals surface area contributed by atoms with Crippen molar-refractivity contribution in [2.24, 2.45) is 0 Å². The first-order valence-electron chi connectivity index (χ1n) is 8.46. The van der Waals surface area contributed by atoms with Crippen LogP contribution in [0.15, 0.2) is 54.6 Å². The third-order valence-electron chi connectivity index (χ3n) is 3.71. The Balaban J connectivity index is 2.19. The molecule has 2 N–H and O–H groups in total. The molecule has 28 heavy (non-hydrogen) atoms. The summed E-state index contributed by atoms with van der Waals surface area (Å²) in [5.74, 6) is -1.14. The van der Waals surface area contributed by atoms with Gasteiger partial charge in [0, 0.05) is 17.6 Å². The fraction of sp³-hybridized carbons (Fsp3) is 0.250. The van der Waals surface area contributed by atoms with Gasteiger partial charge >= 0.3 is 12.0 Å². The van der Waals surface area contributed by atoms with Crippen molar-refractivity contribution < 1.29 is 23.9 Å². The van der Waals surface area contributed by atoms with Crippen molar-refractivity contribution in [1.82, 2.24) is 10.6 Å². The average molecular weight is 405 g/mol. The van der Waals surface area contributed by atoms with Crippen LogP contribution in [0.4, 0.5) is 4.79 Å². The third-order valence-corrected chi connectivity index (χ3v) is 3.96. The molecule has 8 heteroatoms. The molecule has 0 aliphatic heterocycles. The van der Waals surface area contributed by atoms with Crippen LogP contribution in [0.3, 0.4) is 0 Å². The molecule has 0 saturated carbocycles. The van der Waals surface area contributed by atoms with E-state index < -0.39 is 29.6 Å². The maximum absolute atomic E-state index is 12.7. The van der Waals surface area contributed by atoms with Gasteiger partial charge < -0.3 is 14.8 Å². The van der Waals surface area contributed by atoms with E-state index in [0.717, 1.165) is 0 Å². The number of carbonyl (C=O) groups is 3. The van der Waals surface area contributed by atoms with Gasteiger partial charge in [0.2, 0.25) is 6.10 Å². The van der Waals surface area contributed by atoms with Gasteiger partial charge in [0.1, 0.15) is 5.75 Å². The number of esters is 1. The summed E-state index contributed by atoms with van der Waals surface area (Å²) in [4.78, 5) is 36.7. The van der Waals surface area contributed by atoms with Gasteiger partial charge in [-0.1, -0.05) is 41.9 Å². The van der Waals surface area contributed by atoms with Crippen molar-refractivity contribution in [3.63, 3.8) is 0 Å². The number of nitrogens with one attached hydrogen (secondary N) is 2. The Hall–Kier alpha value is -3.06. The van der Waals surface area contributed by atoms with Crippen molar-refractivity contribution in [2.75, 3.05) is 7.05 Å². The summed E-state index contributed by atoms with van der Waals surface area (Å²) < 4.78 is 11.1. The Labute approximate surface area is 168 Å². The summed E-state index contributed by atoms with van der Waals surface area (Å²) in [6.07, 6.45) is -1.32. The molecule has 0 aliphatic rings. The van der Waals surface area contributed by atoms with E-state index in [9.17, 15) is 14.4 Å². The Bertz CT molecular complexity index is 837. The fourth-order valence-corrected chi connectivity index (χ4v) is 2.35. The molecular formula is C20H21ClN2O5. The molecule has 0 unspecified atom stereocenters. The summed E-state index contributed by atoms with van der Waals surface area (Å²) >= 11 is 5.85. The molecule has 0 saturated heterocycles. The predicted octanol–water partition coefficient (Wildman–Crippen LogP) is 3.24. The second-order valence-corrected chi connectivity index (χ2v) is 6.77. The first kappa shape index (κ1) is 21.2. The van der Waals surface area contributed by atoms with Gasteiger partial charge in [-0.15, -0.1) is 0 Å². The van der Waals surface area contributed by atoms with E-state index in [1.54, 1.807) is 54.6 Å². The van der Waals surface area contributed by atoms with Crippen molar-refractivity contribution in [2.45, 2.75) is 25.6 Å². The van der Waals surface area contributed by atoms with E-state index >= 15 is 0 Å². The monoisotopic (exact) mass is 404 g/mol. The lowest BCUT2D eigenvalue weighted by Gasteiger charge is -2.27. The largest absolute Gasteiger partial charge is 0.476 e. The molecule has 0 aliphatic carbocycles. The van der Waals surface area contributed by atoms with Crippen molar-refractivity contribution in [3.05, 3.63) is 65.2 Å². The lowest BCUT2D eigenvalue weighted by Crippen LogP contribution is -2.45. The maximum atomic E-state index is 12.7. The molecule has 2 aromatic rings. The minimum absolute atomic E-state index is 0.414. The second kappa shape index (κ2) is 9.23. The van der Waals surface area contributed by atoms with Gasteiger partial charge in [0.05, 0.1) is 0 Å². The third kappa shape index (κ3) is 5.72. The van der Waals surface area contributed by atoms with E-state index in [1.165, 1.54) is 20.9 Å². The zero-order chi connectivity index (χ0) is 20.7. The molecule has 7 nitrogen and oxygen atoms in total. The number of urea groups is 1. The van der Waals surface area contributed by atoms with Gasteiger partial charge in [0.15, 0.2) is 5.60 Å². The maximum Gasteiger partial charge on any atom is 0.351 e. The number of benzene rings is 2. The van der Waals surface area contributed by atoms with E-state index in [-0.39, 0.29) is 0 Å². The van der Waals surface area contributed by atoms with Crippen LogP contribution in [-0.4, -0.2) is 30.6 Å². The average Bonchev–Trinajstić information content (AvgIpc) is 2.67. The first-order chi connectivity index (χ1) is 13.2. The minimum Gasteiger partial charge on any atom is -0.476 e. The van der Waals surface area contributed by atoms with Crippen LogP contribution in [0.1, 0.15) is 25.5 Å². The molecule has 1 atom stereocenters. The van der Waals surface area contributed by atoms with Gasteiger partial charge in [0.25, 0.3) is 5.91 Å². The number of ether oxygens (including phenoxy) is 2. The molecule has 0 heterocycles. The lowest BCUT2D eigenvalue weighted by atomic mass is 10.1. The highest BCUT2D eigenvalue weighted by atomic mass is 35.5. The van der Waals surface area contributed by atoms with Crippen molar-refractivity contribution >= 4 is 29.5 Å². The molecule has 0 spiro atoms. The summed E-state index contributed by atoms with van der Waals surface area (Å²) in [6.45, 7) is 3.03. The van der Waals surface area contributed by atoms with Gasteiger partial charge in [-0.2, -0.15) is 0 Å². The highest BCUT2D eigenvalue weighted by Gasteiger charge is 2.36. The molecule has 148 valence electrons. The van der Waals surface area contributed by atoms with Crippen LogP contribution in [0.25, 0.3) is 0 Å². The van der Waals surface area contributed by atoms with E-state index in [2.05, 4.69) is 10.6 Å². The van der Waals surface area contributed by atoms with Crippen molar-refractivity contribution in [3.8, 4) is 5.75 Å². The standard InChI is InChI=1S/C20H21ClN2O5/c1-20(2,28-15-11-9-14(21)10-12-15)18(25)27-16(13-7-5-4-6-8-13)17(24)23-19(26)22-3/h4-12,16H,1-3H3,(H2,22,23,24,26)/t16-/m1/s1. The number of halogens is 1. The molecular weight excluding hydrogens is 384 g/mol. The molecule has 0 fully saturated rings. The highest BCUT2D eigenvalue weighted by molar-refractivity contribution is 6.30. The number of imide groups is 1. The number of hydrogen-bond donors (Lipinski definition) is 2. The highest BCUT2D eigenvalue weighted by Crippen LogP contribution is 2.25. The number of amides is 3. The number of rotatable bonds is 6. The summed E-state index contributed by atoms with van der Waals surface area (Å²) in [6, 6.07) is 14.2. The van der Waals surface area contributed by atoms with Crippen LogP contribution >= 0.6 is 11.6 Å². The van der Waals surface area contributed by atoms with Crippen molar-refractivity contribution in [1.29, 1.82) is 0 Å². The van der Waals surface area contributed by atoms with Gasteiger partial charge in [-0.25, -0.2) is 9.59 Å². The number of hydrogen-bond acceptors (Lipinski definition) is 5. The summed E-state index contributed by atoms with van der Waals surface area (Å²) in [5, 5.41) is 4.93. The van der Waals surface area contributed by atoms with E-state index in [4.69, 9.17) is 21.1 Å². The van der Waals surface area contributed by atoms with Crippen LogP contribution in [-0.2, 0) is 14.3 Å². The SMILES string of the molecule is CNC(=O)NC(=O)[C@H](OC(=O)C(C)(C)Oc1ccc(Cl)cc1)c1ccccc1. The predicted molar refractivity (Wildman–Crippen MR) is 104 cm³/mol. The normalized spacial score (nSPS) is 11.9. The zero-order valence-electron chi connectivity index (χ0n) is 15.7. The van der Waals surface area contributed by atoms with Crippen LogP contribution in [0, 0.1) is 0 Å². The smallest absolute Gasteiger partial charge is 0.351 e. The zero-order valence-corrected chi connectivity index (χ0v) is 16.4. The first-order valence-corrected chi connectivity index (χ1v) is 8.84. The minimum atomic E-state index is -1.39. The fourth-order valence-electron chi connectivity index (χ4n) is 2.23. The van der Waals surface area contributed by atoms with Gasteiger partial charge in [-0.3, -0.25) is 10.1 Å². The Morgan fingerprint density at radius 1 is 1.00 bits per heavy atom. The van der Waals surface area contributed by atoms with E-state index in [0.29, 0.717) is 16.3 Å². The van der Waals surface area contributed by atoms with E-state index in [1.807, 2.05) is 0 Å². The Morgan fingerprint density at radius 3 is 2.18 bits per heavy atom. The molecule has 0 bridgehead atoms. The molecule has 2 rings (SSSR count). The quantitative estimate of drug-likeness (QED) is 0.721. The van der Waals surface area contributed by atoms with Crippen LogP contribution in [0.2, 0.25) is 5.02 Å². The topological polar surface area (TPSA) is 93.7 Å². The second-order valence-electron chi connectivity index (χ2n) is 6.33. The van der Waals surface area contributed by atoms with Gasteiger partial charge in [-0.05, 0) is 38.1 Å². The Morgan fingerprint density at radius 2 is 1.61 bits per heavy atom.